The lowest BCUT2D eigenvalue weighted by molar-refractivity contribution is -0.124. The molecule has 2 aliphatic rings. The molecular formula is C21H31N3O4. The standard InChI is InChI=1S/C21H31N3O4/c1-23(2)20(27)15-7-8-18-17(11-15)24(3)16(13-28-18)12-19(26)22-21(14-25)9-5-4-6-10-21/h7-8,11,16,25H,4-6,9-10,12-14H2,1-3H3,(H,22,26)/t16-/m1/s1. The SMILES string of the molecule is CN(C)C(=O)c1ccc2c(c1)N(C)[C@H](CC(=O)NC1(CO)CCCCC1)CO2. The zero-order valence-corrected chi connectivity index (χ0v) is 17.0. The largest absolute Gasteiger partial charge is 0.489 e. The Labute approximate surface area is 166 Å². The van der Waals surface area contributed by atoms with E-state index in [1.54, 1.807) is 20.2 Å². The van der Waals surface area contributed by atoms with Crippen molar-refractivity contribution in [3.05, 3.63) is 23.8 Å². The van der Waals surface area contributed by atoms with E-state index in [4.69, 9.17) is 4.74 Å². The number of aliphatic hydroxyl groups excluding tert-OH is 1. The fraction of sp³-hybridized carbons (Fsp3) is 0.619. The number of nitrogens with one attached hydrogen (secondary N) is 1. The summed E-state index contributed by atoms with van der Waals surface area (Å²) in [4.78, 5) is 28.5. The molecule has 0 unspecified atom stereocenters. The molecule has 2 N–H and O–H groups in total. The van der Waals surface area contributed by atoms with Gasteiger partial charge in [-0.3, -0.25) is 9.59 Å². The van der Waals surface area contributed by atoms with Crippen LogP contribution < -0.4 is 15.0 Å². The Balaban J connectivity index is 1.69. The zero-order valence-electron chi connectivity index (χ0n) is 17.0. The normalized spacial score (nSPS) is 20.7. The summed E-state index contributed by atoms with van der Waals surface area (Å²) in [7, 11) is 5.36. The third-order valence-electron chi connectivity index (χ3n) is 5.91. The van der Waals surface area contributed by atoms with Crippen LogP contribution in [0.15, 0.2) is 18.2 Å². The van der Waals surface area contributed by atoms with Crippen LogP contribution in [0.4, 0.5) is 5.69 Å². The van der Waals surface area contributed by atoms with Crippen LogP contribution in [0, 0.1) is 0 Å². The molecule has 1 heterocycles. The van der Waals surface area contributed by atoms with E-state index in [0.29, 0.717) is 17.9 Å². The van der Waals surface area contributed by atoms with Gasteiger partial charge in [-0.25, -0.2) is 0 Å². The van der Waals surface area contributed by atoms with Crippen LogP contribution in [-0.4, -0.2) is 67.8 Å². The molecule has 2 amide bonds. The molecule has 1 atom stereocenters. The van der Waals surface area contributed by atoms with Gasteiger partial charge in [0.05, 0.1) is 30.3 Å². The molecule has 154 valence electrons. The lowest BCUT2D eigenvalue weighted by atomic mass is 9.82. The van der Waals surface area contributed by atoms with E-state index in [2.05, 4.69) is 5.32 Å². The monoisotopic (exact) mass is 389 g/mol. The molecule has 1 aliphatic carbocycles. The molecule has 0 saturated heterocycles. The Morgan fingerprint density at radius 2 is 2.00 bits per heavy atom. The predicted octanol–water partition coefficient (Wildman–Crippen LogP) is 1.79. The molecule has 7 heteroatoms. The Kier molecular flexibility index (Phi) is 6.13. The number of ether oxygens (including phenoxy) is 1. The fourth-order valence-electron chi connectivity index (χ4n) is 4.11. The summed E-state index contributed by atoms with van der Waals surface area (Å²) in [5.74, 6) is 0.576. The highest BCUT2D eigenvalue weighted by Gasteiger charge is 2.34. The first-order valence-corrected chi connectivity index (χ1v) is 9.98. The second kappa shape index (κ2) is 8.39. The number of hydrogen-bond acceptors (Lipinski definition) is 5. The first-order chi connectivity index (χ1) is 13.3. The van der Waals surface area contributed by atoms with Gasteiger partial charge in [0.2, 0.25) is 5.91 Å². The molecule has 0 spiro atoms. The first kappa shape index (κ1) is 20.5. The van der Waals surface area contributed by atoms with Crippen molar-refractivity contribution in [3.8, 4) is 5.75 Å². The predicted molar refractivity (Wildman–Crippen MR) is 108 cm³/mol. The molecule has 1 saturated carbocycles. The van der Waals surface area contributed by atoms with Crippen molar-refractivity contribution >= 4 is 17.5 Å². The van der Waals surface area contributed by atoms with Gasteiger partial charge in [-0.05, 0) is 31.0 Å². The van der Waals surface area contributed by atoms with E-state index in [1.165, 1.54) is 4.90 Å². The van der Waals surface area contributed by atoms with Crippen molar-refractivity contribution in [3.63, 3.8) is 0 Å². The van der Waals surface area contributed by atoms with Crippen LogP contribution in [0.2, 0.25) is 0 Å². The Bertz CT molecular complexity index is 728. The Hall–Kier alpha value is -2.28. The maximum atomic E-state index is 12.7. The molecule has 1 aromatic rings. The number of likely N-dealkylation sites (N-methyl/N-ethyl adjacent to an activating group) is 1. The van der Waals surface area contributed by atoms with E-state index in [0.717, 1.165) is 37.8 Å². The summed E-state index contributed by atoms with van der Waals surface area (Å²) < 4.78 is 5.85. The van der Waals surface area contributed by atoms with Gasteiger partial charge in [0.1, 0.15) is 12.4 Å². The van der Waals surface area contributed by atoms with Gasteiger partial charge in [0, 0.05) is 26.7 Å². The summed E-state index contributed by atoms with van der Waals surface area (Å²) in [6.45, 7) is 0.388. The minimum atomic E-state index is -0.480. The van der Waals surface area contributed by atoms with Gasteiger partial charge in [0.15, 0.2) is 0 Å². The van der Waals surface area contributed by atoms with Crippen molar-refractivity contribution in [1.82, 2.24) is 10.2 Å². The van der Waals surface area contributed by atoms with Crippen LogP contribution in [0.25, 0.3) is 0 Å². The second-order valence-corrected chi connectivity index (χ2v) is 8.21. The summed E-state index contributed by atoms with van der Waals surface area (Å²) in [6, 6.07) is 5.26. The molecule has 0 bridgehead atoms. The smallest absolute Gasteiger partial charge is 0.253 e. The number of fused-ring (bicyclic) bond motifs is 1. The number of amides is 2. The highest BCUT2D eigenvalue weighted by molar-refractivity contribution is 5.95. The van der Waals surface area contributed by atoms with Crippen molar-refractivity contribution in [2.45, 2.75) is 50.1 Å². The lowest BCUT2D eigenvalue weighted by Gasteiger charge is -2.39. The van der Waals surface area contributed by atoms with Crippen molar-refractivity contribution in [2.75, 3.05) is 39.3 Å². The molecule has 0 aromatic heterocycles. The van der Waals surface area contributed by atoms with Crippen LogP contribution >= 0.6 is 0 Å². The molecule has 1 fully saturated rings. The highest BCUT2D eigenvalue weighted by atomic mass is 16.5. The molecule has 7 nitrogen and oxygen atoms in total. The van der Waals surface area contributed by atoms with Gasteiger partial charge < -0.3 is 25.0 Å². The number of benzene rings is 1. The summed E-state index contributed by atoms with van der Waals surface area (Å²) in [5.41, 5.74) is 0.920. The van der Waals surface area contributed by atoms with Gasteiger partial charge in [-0.2, -0.15) is 0 Å². The minimum Gasteiger partial charge on any atom is -0.489 e. The number of aliphatic hydroxyl groups is 1. The van der Waals surface area contributed by atoms with E-state index >= 15 is 0 Å². The van der Waals surface area contributed by atoms with Crippen LogP contribution in [0.5, 0.6) is 5.75 Å². The minimum absolute atomic E-state index is 0.0193. The third kappa shape index (κ3) is 4.24. The topological polar surface area (TPSA) is 82.1 Å². The van der Waals surface area contributed by atoms with Gasteiger partial charge in [-0.15, -0.1) is 0 Å². The van der Waals surface area contributed by atoms with Crippen LogP contribution in [-0.2, 0) is 4.79 Å². The van der Waals surface area contributed by atoms with Crippen LogP contribution in [0.3, 0.4) is 0 Å². The quantitative estimate of drug-likeness (QED) is 0.802. The molecule has 1 aromatic carbocycles. The molecule has 28 heavy (non-hydrogen) atoms. The summed E-state index contributed by atoms with van der Waals surface area (Å²) >= 11 is 0. The Morgan fingerprint density at radius 1 is 1.29 bits per heavy atom. The molecular weight excluding hydrogens is 358 g/mol. The highest BCUT2D eigenvalue weighted by Crippen LogP contribution is 2.35. The van der Waals surface area contributed by atoms with Crippen LogP contribution in [0.1, 0.15) is 48.9 Å². The average molecular weight is 389 g/mol. The van der Waals surface area contributed by atoms with E-state index in [1.807, 2.05) is 24.1 Å². The zero-order chi connectivity index (χ0) is 20.3. The van der Waals surface area contributed by atoms with Crippen molar-refractivity contribution in [1.29, 1.82) is 0 Å². The summed E-state index contributed by atoms with van der Waals surface area (Å²) in [6.07, 6.45) is 5.15. The van der Waals surface area contributed by atoms with E-state index in [9.17, 15) is 14.7 Å². The maximum Gasteiger partial charge on any atom is 0.253 e. The number of nitrogens with zero attached hydrogens (tertiary/aromatic N) is 2. The van der Waals surface area contributed by atoms with E-state index < -0.39 is 5.54 Å². The lowest BCUT2D eigenvalue weighted by Crippen LogP contribution is -2.54. The molecule has 0 radical (unpaired) electrons. The van der Waals surface area contributed by atoms with Gasteiger partial charge in [0.25, 0.3) is 5.91 Å². The number of rotatable bonds is 5. The average Bonchev–Trinajstić information content (AvgIpc) is 2.70. The number of carbonyl (C=O) groups is 2. The van der Waals surface area contributed by atoms with E-state index in [-0.39, 0.29) is 30.9 Å². The van der Waals surface area contributed by atoms with Gasteiger partial charge >= 0.3 is 0 Å². The first-order valence-electron chi connectivity index (χ1n) is 9.98. The van der Waals surface area contributed by atoms with Crippen molar-refractivity contribution < 1.29 is 19.4 Å². The maximum absolute atomic E-state index is 12.7. The molecule has 1 aliphatic heterocycles. The number of anilines is 1. The van der Waals surface area contributed by atoms with Gasteiger partial charge in [-0.1, -0.05) is 19.3 Å². The second-order valence-electron chi connectivity index (χ2n) is 8.21. The summed E-state index contributed by atoms with van der Waals surface area (Å²) in [5, 5.41) is 12.9. The fourth-order valence-corrected chi connectivity index (χ4v) is 4.11. The number of hydrogen-bond donors (Lipinski definition) is 2. The van der Waals surface area contributed by atoms with Crippen molar-refractivity contribution in [2.24, 2.45) is 0 Å². The molecule has 3 rings (SSSR count). The third-order valence-corrected chi connectivity index (χ3v) is 5.91. The number of carbonyl (C=O) groups excluding carboxylic acids is 2. The Morgan fingerprint density at radius 3 is 2.64 bits per heavy atom.